The lowest BCUT2D eigenvalue weighted by Gasteiger charge is -2.15. The summed E-state index contributed by atoms with van der Waals surface area (Å²) in [6.07, 6.45) is 7.56. The lowest BCUT2D eigenvalue weighted by Crippen LogP contribution is -2.29. The van der Waals surface area contributed by atoms with Crippen LogP contribution in [0, 0.1) is 0 Å². The highest BCUT2D eigenvalue weighted by atomic mass is 16.5. The number of anilines is 1. The van der Waals surface area contributed by atoms with Gasteiger partial charge in [0.15, 0.2) is 5.82 Å². The van der Waals surface area contributed by atoms with Crippen molar-refractivity contribution in [2.45, 2.75) is 18.9 Å². The van der Waals surface area contributed by atoms with Gasteiger partial charge in [0.2, 0.25) is 5.88 Å². The van der Waals surface area contributed by atoms with Gasteiger partial charge in [-0.25, -0.2) is 4.98 Å². The maximum absolute atomic E-state index is 6.04. The van der Waals surface area contributed by atoms with Crippen LogP contribution in [0.25, 0.3) is 11.4 Å². The number of hydrogen-bond donors (Lipinski definition) is 3. The monoisotopic (exact) mass is 366 g/mol. The van der Waals surface area contributed by atoms with Gasteiger partial charge in [-0.05, 0) is 43.7 Å². The Kier molecular flexibility index (Phi) is 5.15. The van der Waals surface area contributed by atoms with Crippen LogP contribution in [0.2, 0.25) is 0 Å². The second-order valence-electron chi connectivity index (χ2n) is 6.35. The number of rotatable bonds is 7. The smallest absolute Gasteiger partial charge is 0.246 e. The second kappa shape index (κ2) is 8.05. The highest BCUT2D eigenvalue weighted by Gasteiger charge is 2.16. The third kappa shape index (κ3) is 4.17. The molecule has 0 aliphatic carbocycles. The molecule has 3 aromatic rings. The first-order valence-electron chi connectivity index (χ1n) is 8.97. The zero-order chi connectivity index (χ0) is 18.5. The number of ether oxygens (including phenoxy) is 2. The highest BCUT2D eigenvalue weighted by molar-refractivity contribution is 5.59. The average Bonchev–Trinajstić information content (AvgIpc) is 3.42. The number of nitrogens with one attached hydrogen (secondary N) is 3. The van der Waals surface area contributed by atoms with E-state index in [1.165, 1.54) is 6.42 Å². The summed E-state index contributed by atoms with van der Waals surface area (Å²) in [7, 11) is 1.64. The van der Waals surface area contributed by atoms with Crippen molar-refractivity contribution in [2.24, 2.45) is 0 Å². The van der Waals surface area contributed by atoms with Gasteiger partial charge in [0.05, 0.1) is 25.1 Å². The van der Waals surface area contributed by atoms with E-state index in [9.17, 15) is 0 Å². The summed E-state index contributed by atoms with van der Waals surface area (Å²) < 4.78 is 11.2. The minimum absolute atomic E-state index is 0.451. The van der Waals surface area contributed by atoms with Gasteiger partial charge in [-0.3, -0.25) is 5.10 Å². The lowest BCUT2D eigenvalue weighted by atomic mass is 10.2. The van der Waals surface area contributed by atoms with Crippen LogP contribution in [0.5, 0.6) is 17.4 Å². The van der Waals surface area contributed by atoms with Gasteiger partial charge in [0.1, 0.15) is 17.2 Å². The Labute approximate surface area is 157 Å². The molecule has 3 N–H and O–H groups in total. The largest absolute Gasteiger partial charge is 0.497 e. The molecule has 1 aliphatic heterocycles. The molecule has 0 unspecified atom stereocenters. The number of methoxy groups -OCH3 is 1. The average molecular weight is 366 g/mol. The van der Waals surface area contributed by atoms with E-state index in [1.807, 2.05) is 24.3 Å². The van der Waals surface area contributed by atoms with Gasteiger partial charge < -0.3 is 20.1 Å². The van der Waals surface area contributed by atoms with Crippen LogP contribution < -0.4 is 20.1 Å². The molecule has 140 valence electrons. The van der Waals surface area contributed by atoms with Crippen molar-refractivity contribution in [1.29, 1.82) is 0 Å². The number of nitrogens with zero attached hydrogens (tertiary/aromatic N) is 3. The molecule has 3 heterocycles. The van der Waals surface area contributed by atoms with Gasteiger partial charge >= 0.3 is 0 Å². The number of aromatic amines is 1. The third-order valence-corrected chi connectivity index (χ3v) is 4.49. The molecule has 0 bridgehead atoms. The van der Waals surface area contributed by atoms with Crippen molar-refractivity contribution in [1.82, 2.24) is 25.5 Å². The van der Waals surface area contributed by atoms with Crippen molar-refractivity contribution in [3.8, 4) is 28.8 Å². The molecule has 0 spiro atoms. The summed E-state index contributed by atoms with van der Waals surface area (Å²) in [4.78, 5) is 9.03. The summed E-state index contributed by atoms with van der Waals surface area (Å²) in [5, 5.41) is 13.6. The molecule has 2 aromatic heterocycles. The van der Waals surface area contributed by atoms with E-state index in [4.69, 9.17) is 9.47 Å². The molecule has 1 aromatic carbocycles. The molecule has 0 saturated carbocycles. The summed E-state index contributed by atoms with van der Waals surface area (Å²) in [6, 6.07) is 7.85. The van der Waals surface area contributed by atoms with Gasteiger partial charge in [-0.1, -0.05) is 0 Å². The lowest BCUT2D eigenvalue weighted by molar-refractivity contribution is 0.412. The van der Waals surface area contributed by atoms with E-state index in [0.717, 1.165) is 36.5 Å². The SMILES string of the molecule is COc1ccc(Oc2nc(-c3cn[nH]c3)ncc2NC[C@@H]2CCCN2)cc1. The zero-order valence-electron chi connectivity index (χ0n) is 15.1. The molecular weight excluding hydrogens is 344 g/mol. The van der Waals surface area contributed by atoms with Crippen molar-refractivity contribution in [3.63, 3.8) is 0 Å². The molecule has 1 saturated heterocycles. The van der Waals surface area contributed by atoms with Crippen LogP contribution >= 0.6 is 0 Å². The van der Waals surface area contributed by atoms with Crippen molar-refractivity contribution in [3.05, 3.63) is 42.9 Å². The Morgan fingerprint density at radius 1 is 1.19 bits per heavy atom. The fourth-order valence-corrected chi connectivity index (χ4v) is 3.00. The van der Waals surface area contributed by atoms with Crippen LogP contribution in [-0.4, -0.2) is 46.4 Å². The predicted octanol–water partition coefficient (Wildman–Crippen LogP) is 2.83. The van der Waals surface area contributed by atoms with Crippen LogP contribution in [0.4, 0.5) is 5.69 Å². The molecule has 4 rings (SSSR count). The number of benzene rings is 1. The van der Waals surface area contributed by atoms with E-state index in [-0.39, 0.29) is 0 Å². The van der Waals surface area contributed by atoms with E-state index < -0.39 is 0 Å². The minimum Gasteiger partial charge on any atom is -0.497 e. The second-order valence-corrected chi connectivity index (χ2v) is 6.35. The fourth-order valence-electron chi connectivity index (χ4n) is 3.00. The van der Waals surface area contributed by atoms with Crippen LogP contribution in [0.1, 0.15) is 12.8 Å². The molecule has 0 radical (unpaired) electrons. The zero-order valence-corrected chi connectivity index (χ0v) is 15.1. The molecular formula is C19H22N6O2. The van der Waals surface area contributed by atoms with Crippen molar-refractivity contribution < 1.29 is 9.47 Å². The van der Waals surface area contributed by atoms with E-state index in [2.05, 4.69) is 30.8 Å². The van der Waals surface area contributed by atoms with Crippen molar-refractivity contribution in [2.75, 3.05) is 25.5 Å². The third-order valence-electron chi connectivity index (χ3n) is 4.49. The summed E-state index contributed by atoms with van der Waals surface area (Å²) in [5.74, 6) is 2.48. The minimum atomic E-state index is 0.451. The predicted molar refractivity (Wildman–Crippen MR) is 102 cm³/mol. The Balaban J connectivity index is 1.58. The first-order valence-corrected chi connectivity index (χ1v) is 8.97. The van der Waals surface area contributed by atoms with Gasteiger partial charge in [-0.2, -0.15) is 10.1 Å². The van der Waals surface area contributed by atoms with Gasteiger partial charge in [0, 0.05) is 18.8 Å². The van der Waals surface area contributed by atoms with Gasteiger partial charge in [-0.15, -0.1) is 0 Å². The molecule has 1 fully saturated rings. The quantitative estimate of drug-likeness (QED) is 0.591. The number of aromatic nitrogens is 4. The van der Waals surface area contributed by atoms with E-state index in [1.54, 1.807) is 25.7 Å². The molecule has 8 nitrogen and oxygen atoms in total. The Morgan fingerprint density at radius 3 is 2.74 bits per heavy atom. The Hall–Kier alpha value is -3.13. The number of hydrogen-bond acceptors (Lipinski definition) is 7. The van der Waals surface area contributed by atoms with Crippen LogP contribution in [-0.2, 0) is 0 Å². The van der Waals surface area contributed by atoms with Crippen LogP contribution in [0.3, 0.4) is 0 Å². The first-order chi connectivity index (χ1) is 13.3. The molecule has 1 aliphatic rings. The standard InChI is InChI=1S/C19H22N6O2/c1-26-15-4-6-16(7-5-15)27-19-17(21-11-14-3-2-8-20-14)12-22-18(25-19)13-9-23-24-10-13/h4-7,9-10,12,14,20-21H,2-3,8,11H2,1H3,(H,23,24)/t14-/m0/s1. The van der Waals surface area contributed by atoms with Crippen molar-refractivity contribution >= 4 is 5.69 Å². The number of H-pyrrole nitrogens is 1. The first kappa shape index (κ1) is 17.3. The topological polar surface area (TPSA) is 97.0 Å². The van der Waals surface area contributed by atoms with Gasteiger partial charge in [0.25, 0.3) is 0 Å². The summed E-state index contributed by atoms with van der Waals surface area (Å²) >= 11 is 0. The maximum atomic E-state index is 6.04. The maximum Gasteiger partial charge on any atom is 0.246 e. The van der Waals surface area contributed by atoms with E-state index in [0.29, 0.717) is 23.5 Å². The Bertz CT molecular complexity index is 860. The van der Waals surface area contributed by atoms with E-state index >= 15 is 0 Å². The summed E-state index contributed by atoms with van der Waals surface area (Å²) in [6.45, 7) is 1.87. The fraction of sp³-hybridized carbons (Fsp3) is 0.316. The molecule has 1 atom stereocenters. The van der Waals surface area contributed by atoms with Crippen LogP contribution in [0.15, 0.2) is 42.9 Å². The molecule has 0 amide bonds. The normalized spacial score (nSPS) is 16.3. The molecule has 8 heteroatoms. The Morgan fingerprint density at radius 2 is 2.04 bits per heavy atom. The molecule has 27 heavy (non-hydrogen) atoms. The summed E-state index contributed by atoms with van der Waals surface area (Å²) in [5.41, 5.74) is 1.56. The highest BCUT2D eigenvalue weighted by Crippen LogP contribution is 2.30.